The Morgan fingerprint density at radius 3 is 2.19 bits per heavy atom. The molecule has 0 saturated heterocycles. The molecule has 0 fully saturated rings. The number of methoxy groups -OCH3 is 2. The Kier molecular flexibility index (Phi) is 5.61. The zero-order valence-electron chi connectivity index (χ0n) is 14.8. The molecule has 0 amide bonds. The van der Waals surface area contributed by atoms with Crippen molar-refractivity contribution in [1.82, 2.24) is 0 Å². The number of aryl methyl sites for hydroxylation is 1. The number of phenolic OH excluding ortho intramolecular Hbond substituents is 1. The molecule has 0 spiro atoms. The van der Waals surface area contributed by atoms with Crippen LogP contribution in [0, 0.1) is 6.92 Å². The van der Waals surface area contributed by atoms with Gasteiger partial charge in [-0.25, -0.2) is 0 Å². The van der Waals surface area contributed by atoms with Crippen molar-refractivity contribution in [3.05, 3.63) is 46.5 Å². The van der Waals surface area contributed by atoms with E-state index in [1.165, 1.54) is 39.3 Å². The van der Waals surface area contributed by atoms with Gasteiger partial charge in [-0.2, -0.15) is 0 Å². The van der Waals surface area contributed by atoms with Gasteiger partial charge in [-0.05, 0) is 30.7 Å². The van der Waals surface area contributed by atoms with Crippen molar-refractivity contribution in [2.75, 3.05) is 14.2 Å². The first-order chi connectivity index (χ1) is 12.3. The molecule has 0 radical (unpaired) electrons. The third-order valence-corrected chi connectivity index (χ3v) is 3.64. The monoisotopic (exact) mass is 358 g/mol. The zero-order valence-corrected chi connectivity index (χ0v) is 14.8. The predicted molar refractivity (Wildman–Crippen MR) is 92.5 cm³/mol. The summed E-state index contributed by atoms with van der Waals surface area (Å²) in [5, 5.41) is 10.3. The van der Waals surface area contributed by atoms with Crippen LogP contribution in [-0.4, -0.2) is 37.4 Å². The molecule has 136 valence electrons. The second kappa shape index (κ2) is 7.69. The van der Waals surface area contributed by atoms with Gasteiger partial charge in [0.05, 0.1) is 25.3 Å². The van der Waals surface area contributed by atoms with Gasteiger partial charge in [0.25, 0.3) is 0 Å². The number of benzene rings is 2. The Hall–Kier alpha value is -3.35. The summed E-state index contributed by atoms with van der Waals surface area (Å²) in [6.07, 6.45) is 0.466. The van der Waals surface area contributed by atoms with E-state index in [0.29, 0.717) is 11.8 Å². The van der Waals surface area contributed by atoms with Crippen LogP contribution in [0.1, 0.15) is 38.8 Å². The Balaban J connectivity index is 2.70. The van der Waals surface area contributed by atoms with E-state index < -0.39 is 11.8 Å². The fourth-order valence-corrected chi connectivity index (χ4v) is 2.52. The third kappa shape index (κ3) is 3.66. The fraction of sp³-hybridized carbons (Fsp3) is 0.211. The van der Waals surface area contributed by atoms with Gasteiger partial charge in [0, 0.05) is 18.6 Å². The van der Waals surface area contributed by atoms with Crippen LogP contribution in [0.25, 0.3) is 0 Å². The molecule has 0 aromatic heterocycles. The van der Waals surface area contributed by atoms with Crippen LogP contribution in [0.15, 0.2) is 24.3 Å². The molecule has 2 rings (SSSR count). The van der Waals surface area contributed by atoms with Crippen molar-refractivity contribution in [2.45, 2.75) is 13.8 Å². The molecule has 1 N–H and O–H groups in total. The Morgan fingerprint density at radius 1 is 1.00 bits per heavy atom. The SMILES string of the molecule is COc1cc(C)cc(C(=O)c2cc(OC(C)=O)cc(OC)c2C=O)c1O. The molecule has 2 aromatic carbocycles. The number of rotatable bonds is 6. The molecule has 0 saturated carbocycles. The zero-order chi connectivity index (χ0) is 19.4. The molecule has 0 aliphatic rings. The molecule has 0 aliphatic carbocycles. The highest BCUT2D eigenvalue weighted by Gasteiger charge is 2.24. The van der Waals surface area contributed by atoms with Gasteiger partial charge in [0.15, 0.2) is 23.6 Å². The van der Waals surface area contributed by atoms with E-state index in [1.807, 2.05) is 0 Å². The van der Waals surface area contributed by atoms with Crippen molar-refractivity contribution in [1.29, 1.82) is 0 Å². The summed E-state index contributed by atoms with van der Waals surface area (Å²) < 4.78 is 15.2. The standard InChI is InChI=1S/C19H18O7/c1-10-5-14(19(23)17(6-10)25-4)18(22)13-7-12(26-11(2)21)8-16(24-3)15(13)9-20/h5-9,23H,1-4H3. The van der Waals surface area contributed by atoms with Gasteiger partial charge < -0.3 is 19.3 Å². The topological polar surface area (TPSA) is 99.1 Å². The Labute approximate surface area is 150 Å². The summed E-state index contributed by atoms with van der Waals surface area (Å²) in [7, 11) is 2.69. The smallest absolute Gasteiger partial charge is 0.308 e. The first kappa shape index (κ1) is 19.0. The molecule has 0 heterocycles. The quantitative estimate of drug-likeness (QED) is 0.367. The van der Waals surface area contributed by atoms with E-state index in [1.54, 1.807) is 13.0 Å². The van der Waals surface area contributed by atoms with Gasteiger partial charge in [0.2, 0.25) is 0 Å². The third-order valence-electron chi connectivity index (χ3n) is 3.64. The second-order valence-corrected chi connectivity index (χ2v) is 5.49. The van der Waals surface area contributed by atoms with Crippen molar-refractivity contribution >= 4 is 18.0 Å². The van der Waals surface area contributed by atoms with E-state index in [4.69, 9.17) is 14.2 Å². The summed E-state index contributed by atoms with van der Waals surface area (Å²) >= 11 is 0. The van der Waals surface area contributed by atoms with Crippen molar-refractivity contribution in [3.63, 3.8) is 0 Å². The second-order valence-electron chi connectivity index (χ2n) is 5.49. The largest absolute Gasteiger partial charge is 0.504 e. The van der Waals surface area contributed by atoms with Gasteiger partial charge >= 0.3 is 5.97 Å². The molecule has 0 bridgehead atoms. The van der Waals surface area contributed by atoms with E-state index in [2.05, 4.69) is 0 Å². The molecule has 2 aromatic rings. The highest BCUT2D eigenvalue weighted by atomic mass is 16.5. The molecular formula is C19H18O7. The van der Waals surface area contributed by atoms with Crippen LogP contribution in [-0.2, 0) is 4.79 Å². The number of aromatic hydroxyl groups is 1. The summed E-state index contributed by atoms with van der Waals surface area (Å²) in [6.45, 7) is 2.94. The molecule has 26 heavy (non-hydrogen) atoms. The number of aldehydes is 1. The maximum absolute atomic E-state index is 13.0. The minimum Gasteiger partial charge on any atom is -0.504 e. The molecule has 0 unspecified atom stereocenters. The van der Waals surface area contributed by atoms with Crippen LogP contribution in [0.3, 0.4) is 0 Å². The molecular weight excluding hydrogens is 340 g/mol. The lowest BCUT2D eigenvalue weighted by atomic mass is 9.95. The maximum atomic E-state index is 13.0. The summed E-state index contributed by atoms with van der Waals surface area (Å²) in [5.41, 5.74) is 0.539. The Morgan fingerprint density at radius 2 is 1.65 bits per heavy atom. The number of ketones is 1. The molecule has 0 aliphatic heterocycles. The minimum atomic E-state index is -0.640. The van der Waals surface area contributed by atoms with Crippen LogP contribution in [0.5, 0.6) is 23.0 Å². The number of hydrogen-bond donors (Lipinski definition) is 1. The number of hydrogen-bond acceptors (Lipinski definition) is 7. The van der Waals surface area contributed by atoms with Crippen LogP contribution < -0.4 is 14.2 Å². The summed E-state index contributed by atoms with van der Waals surface area (Å²) in [6, 6.07) is 5.63. The van der Waals surface area contributed by atoms with Crippen LogP contribution in [0.4, 0.5) is 0 Å². The van der Waals surface area contributed by atoms with E-state index in [-0.39, 0.29) is 39.7 Å². The van der Waals surface area contributed by atoms with Gasteiger partial charge in [0.1, 0.15) is 11.5 Å². The lowest BCUT2D eigenvalue weighted by Gasteiger charge is -2.14. The van der Waals surface area contributed by atoms with Gasteiger partial charge in [-0.3, -0.25) is 14.4 Å². The van der Waals surface area contributed by atoms with E-state index in [0.717, 1.165) is 0 Å². The van der Waals surface area contributed by atoms with E-state index in [9.17, 15) is 19.5 Å². The minimum absolute atomic E-state index is 0.0201. The lowest BCUT2D eigenvalue weighted by molar-refractivity contribution is -0.131. The first-order valence-electron chi connectivity index (χ1n) is 7.60. The molecule has 0 atom stereocenters. The average Bonchev–Trinajstić information content (AvgIpc) is 2.61. The number of esters is 1. The average molecular weight is 358 g/mol. The normalized spacial score (nSPS) is 10.2. The van der Waals surface area contributed by atoms with E-state index >= 15 is 0 Å². The fourth-order valence-electron chi connectivity index (χ4n) is 2.52. The lowest BCUT2D eigenvalue weighted by Crippen LogP contribution is -2.10. The number of phenols is 1. The first-order valence-corrected chi connectivity index (χ1v) is 7.60. The summed E-state index contributed by atoms with van der Waals surface area (Å²) in [5.74, 6) is -1.34. The van der Waals surface area contributed by atoms with Crippen molar-refractivity contribution in [2.24, 2.45) is 0 Å². The van der Waals surface area contributed by atoms with Crippen molar-refractivity contribution < 1.29 is 33.7 Å². The van der Waals surface area contributed by atoms with Gasteiger partial charge in [-0.1, -0.05) is 0 Å². The summed E-state index contributed by atoms with van der Waals surface area (Å²) in [4.78, 5) is 35.8. The van der Waals surface area contributed by atoms with Crippen LogP contribution in [0.2, 0.25) is 0 Å². The Bertz CT molecular complexity index is 884. The van der Waals surface area contributed by atoms with Crippen LogP contribution >= 0.6 is 0 Å². The number of carbonyl (C=O) groups is 3. The molecule has 7 heteroatoms. The molecule has 7 nitrogen and oxygen atoms in total. The number of carbonyl (C=O) groups excluding carboxylic acids is 3. The highest BCUT2D eigenvalue weighted by molar-refractivity contribution is 6.15. The highest BCUT2D eigenvalue weighted by Crippen LogP contribution is 2.35. The number of ether oxygens (including phenoxy) is 3. The predicted octanol–water partition coefficient (Wildman–Crippen LogP) is 2.69. The maximum Gasteiger partial charge on any atom is 0.308 e. The van der Waals surface area contributed by atoms with Gasteiger partial charge in [-0.15, -0.1) is 0 Å². The van der Waals surface area contributed by atoms with Crippen molar-refractivity contribution in [3.8, 4) is 23.0 Å².